The van der Waals surface area contributed by atoms with Crippen LogP contribution in [0.3, 0.4) is 0 Å². The number of likely N-dealkylation sites (N-methyl/N-ethyl adjacent to an activating group) is 1. The Bertz CT molecular complexity index is 1720. The number of ether oxygens (including phenoxy) is 1. The summed E-state index contributed by atoms with van der Waals surface area (Å²) in [5, 5.41) is 9.18. The van der Waals surface area contributed by atoms with Crippen molar-refractivity contribution in [1.82, 2.24) is 30.1 Å². The second-order valence-electron chi connectivity index (χ2n) is 9.98. The number of thiazole rings is 1. The summed E-state index contributed by atoms with van der Waals surface area (Å²) >= 11 is 0.803. The van der Waals surface area contributed by atoms with Gasteiger partial charge in [-0.2, -0.15) is 13.2 Å². The van der Waals surface area contributed by atoms with Gasteiger partial charge in [0.15, 0.2) is 5.69 Å². The SMILES string of the molecule is CCNC(=O)Nc1cc(-c2nc(C(F)(F)F)cs2)c(-c2ccc3c(=O)c(C(=O)NCCN(C)C)cn(CCOC)c3c2)cn1. The number of alkyl halides is 3. The highest BCUT2D eigenvalue weighted by molar-refractivity contribution is 7.13. The van der Waals surface area contributed by atoms with E-state index in [2.05, 4.69) is 25.9 Å². The average Bonchev–Trinajstić information content (AvgIpc) is 3.48. The highest BCUT2D eigenvalue weighted by atomic mass is 32.1. The van der Waals surface area contributed by atoms with E-state index < -0.39 is 29.2 Å². The summed E-state index contributed by atoms with van der Waals surface area (Å²) in [6.45, 7) is 3.65. The Kier molecular flexibility index (Phi) is 10.3. The fraction of sp³-hybridized carbons (Fsp3) is 0.345. The number of hydrogen-bond donors (Lipinski definition) is 3. The molecule has 0 spiro atoms. The molecule has 234 valence electrons. The number of amides is 3. The Morgan fingerprint density at radius 1 is 1.14 bits per heavy atom. The van der Waals surface area contributed by atoms with Crippen molar-refractivity contribution in [3.8, 4) is 21.7 Å². The molecule has 0 aliphatic rings. The Morgan fingerprint density at radius 2 is 1.91 bits per heavy atom. The smallest absolute Gasteiger partial charge is 0.383 e. The zero-order chi connectivity index (χ0) is 32.0. The summed E-state index contributed by atoms with van der Waals surface area (Å²) in [6, 6.07) is 5.83. The van der Waals surface area contributed by atoms with Crippen molar-refractivity contribution < 1.29 is 27.5 Å². The maximum absolute atomic E-state index is 13.4. The van der Waals surface area contributed by atoms with Gasteiger partial charge in [-0.3, -0.25) is 14.9 Å². The summed E-state index contributed by atoms with van der Waals surface area (Å²) in [6.07, 6.45) is -1.73. The number of pyridine rings is 2. The van der Waals surface area contributed by atoms with E-state index in [1.165, 1.54) is 25.6 Å². The van der Waals surface area contributed by atoms with Crippen LogP contribution in [-0.2, 0) is 17.5 Å². The van der Waals surface area contributed by atoms with Crippen LogP contribution in [0.2, 0.25) is 0 Å². The van der Waals surface area contributed by atoms with Gasteiger partial charge in [-0.25, -0.2) is 14.8 Å². The molecule has 0 saturated carbocycles. The fourth-order valence-corrected chi connectivity index (χ4v) is 5.22. The topological polar surface area (TPSA) is 130 Å². The molecule has 3 aromatic heterocycles. The molecule has 3 heterocycles. The normalized spacial score (nSPS) is 11.6. The minimum Gasteiger partial charge on any atom is -0.383 e. The van der Waals surface area contributed by atoms with Crippen molar-refractivity contribution in [3.05, 3.63) is 63.5 Å². The van der Waals surface area contributed by atoms with Crippen molar-refractivity contribution in [2.45, 2.75) is 19.6 Å². The van der Waals surface area contributed by atoms with Crippen LogP contribution in [0.5, 0.6) is 0 Å². The molecule has 0 aliphatic carbocycles. The molecule has 0 saturated heterocycles. The number of urea groups is 1. The lowest BCUT2D eigenvalue weighted by Gasteiger charge is -2.16. The highest BCUT2D eigenvalue weighted by Gasteiger charge is 2.34. The first-order valence-electron chi connectivity index (χ1n) is 13.6. The first-order valence-corrected chi connectivity index (χ1v) is 14.5. The molecule has 0 aliphatic heterocycles. The van der Waals surface area contributed by atoms with Gasteiger partial charge < -0.3 is 24.8 Å². The van der Waals surface area contributed by atoms with Crippen LogP contribution in [0.15, 0.2) is 46.8 Å². The number of nitrogens with one attached hydrogen (secondary N) is 3. The van der Waals surface area contributed by atoms with Gasteiger partial charge in [-0.1, -0.05) is 6.07 Å². The van der Waals surface area contributed by atoms with E-state index in [0.717, 1.165) is 16.7 Å². The van der Waals surface area contributed by atoms with E-state index in [4.69, 9.17) is 4.74 Å². The van der Waals surface area contributed by atoms with Crippen LogP contribution in [0.4, 0.5) is 23.8 Å². The summed E-state index contributed by atoms with van der Waals surface area (Å²) in [7, 11) is 5.27. The summed E-state index contributed by atoms with van der Waals surface area (Å²) in [5.74, 6) is -0.388. The van der Waals surface area contributed by atoms with Gasteiger partial charge in [-0.05, 0) is 44.8 Å². The molecular formula is C29H32F3N7O4S. The van der Waals surface area contributed by atoms with E-state index in [0.29, 0.717) is 48.4 Å². The first-order chi connectivity index (χ1) is 20.9. The number of nitrogens with zero attached hydrogens (tertiary/aromatic N) is 4. The number of carbonyl (C=O) groups excluding carboxylic acids is 2. The van der Waals surface area contributed by atoms with E-state index in [-0.39, 0.29) is 28.4 Å². The summed E-state index contributed by atoms with van der Waals surface area (Å²) in [5.41, 5.74) is 0.216. The molecular weight excluding hydrogens is 599 g/mol. The van der Waals surface area contributed by atoms with Gasteiger partial charge in [-0.15, -0.1) is 11.3 Å². The lowest BCUT2D eigenvalue weighted by Crippen LogP contribution is -2.34. The number of benzene rings is 1. The van der Waals surface area contributed by atoms with Gasteiger partial charge in [0.05, 0.1) is 12.1 Å². The zero-order valence-corrected chi connectivity index (χ0v) is 25.4. The molecule has 11 nitrogen and oxygen atoms in total. The predicted molar refractivity (Wildman–Crippen MR) is 163 cm³/mol. The van der Waals surface area contributed by atoms with Crippen molar-refractivity contribution in [2.24, 2.45) is 0 Å². The standard InChI is InChI=1S/C29H32F3N7O4S/c1-5-33-28(42)37-24-13-19(27-36-23(16-44-27)29(30,31)32)20(14-35-24)17-6-7-18-22(12-17)39(10-11-43-4)15-21(25(18)40)26(41)34-8-9-38(2)3/h6-7,12-16H,5,8-11H2,1-4H3,(H,34,41)(H2,33,35,37,42). The van der Waals surface area contributed by atoms with Crippen molar-refractivity contribution in [2.75, 3.05) is 52.8 Å². The van der Waals surface area contributed by atoms with E-state index in [1.807, 2.05) is 19.0 Å². The second kappa shape index (κ2) is 14.0. The Labute approximate surface area is 255 Å². The molecule has 3 N–H and O–H groups in total. The van der Waals surface area contributed by atoms with Crippen LogP contribution in [0.25, 0.3) is 32.6 Å². The minimum absolute atomic E-state index is 0.0225. The van der Waals surface area contributed by atoms with Crippen molar-refractivity contribution >= 4 is 40.0 Å². The predicted octanol–water partition coefficient (Wildman–Crippen LogP) is 4.29. The monoisotopic (exact) mass is 631 g/mol. The largest absolute Gasteiger partial charge is 0.434 e. The van der Waals surface area contributed by atoms with E-state index >= 15 is 0 Å². The van der Waals surface area contributed by atoms with Crippen LogP contribution in [-0.4, -0.2) is 78.8 Å². The van der Waals surface area contributed by atoms with Gasteiger partial charge in [0.25, 0.3) is 5.91 Å². The maximum Gasteiger partial charge on any atom is 0.434 e. The van der Waals surface area contributed by atoms with Crippen molar-refractivity contribution in [1.29, 1.82) is 0 Å². The lowest BCUT2D eigenvalue weighted by atomic mass is 9.99. The molecule has 4 aromatic rings. The van der Waals surface area contributed by atoms with Gasteiger partial charge >= 0.3 is 12.2 Å². The minimum atomic E-state index is -4.64. The Morgan fingerprint density at radius 3 is 2.57 bits per heavy atom. The zero-order valence-electron chi connectivity index (χ0n) is 24.5. The number of carbonyl (C=O) groups is 2. The van der Waals surface area contributed by atoms with E-state index in [1.54, 1.807) is 29.7 Å². The van der Waals surface area contributed by atoms with Crippen LogP contribution >= 0.6 is 11.3 Å². The number of aromatic nitrogens is 3. The summed E-state index contributed by atoms with van der Waals surface area (Å²) in [4.78, 5) is 48.5. The lowest BCUT2D eigenvalue weighted by molar-refractivity contribution is -0.140. The van der Waals surface area contributed by atoms with Crippen LogP contribution in [0.1, 0.15) is 23.0 Å². The number of halogens is 3. The van der Waals surface area contributed by atoms with Crippen LogP contribution in [0, 0.1) is 0 Å². The molecule has 0 unspecified atom stereocenters. The Hall–Kier alpha value is -4.34. The van der Waals surface area contributed by atoms with E-state index in [9.17, 15) is 27.6 Å². The third-order valence-electron chi connectivity index (χ3n) is 6.53. The molecule has 0 atom stereocenters. The third kappa shape index (κ3) is 7.59. The summed E-state index contributed by atoms with van der Waals surface area (Å²) < 4.78 is 47.2. The number of anilines is 1. The quantitative estimate of drug-likeness (QED) is 0.225. The number of methoxy groups -OCH3 is 1. The van der Waals surface area contributed by atoms with Gasteiger partial charge in [0.2, 0.25) is 5.43 Å². The molecule has 0 radical (unpaired) electrons. The van der Waals surface area contributed by atoms with Gasteiger partial charge in [0, 0.05) is 67.6 Å². The molecule has 44 heavy (non-hydrogen) atoms. The third-order valence-corrected chi connectivity index (χ3v) is 7.40. The van der Waals surface area contributed by atoms with Crippen molar-refractivity contribution in [3.63, 3.8) is 0 Å². The maximum atomic E-state index is 13.4. The number of rotatable bonds is 11. The Balaban J connectivity index is 1.85. The molecule has 3 amide bonds. The fourth-order valence-electron chi connectivity index (χ4n) is 4.36. The first kappa shape index (κ1) is 32.6. The second-order valence-corrected chi connectivity index (χ2v) is 10.8. The molecule has 1 aromatic carbocycles. The van der Waals surface area contributed by atoms with Crippen LogP contribution < -0.4 is 21.4 Å². The van der Waals surface area contributed by atoms with Gasteiger partial charge in [0.1, 0.15) is 16.4 Å². The number of fused-ring (bicyclic) bond motifs is 1. The number of hydrogen-bond acceptors (Lipinski definition) is 8. The molecule has 4 rings (SSSR count). The average molecular weight is 632 g/mol. The molecule has 0 bridgehead atoms. The molecule has 0 fully saturated rings. The molecule has 15 heteroatoms. The highest BCUT2D eigenvalue weighted by Crippen LogP contribution is 2.39.